The van der Waals surface area contributed by atoms with Gasteiger partial charge in [0.05, 0.1) is 12.7 Å². The lowest BCUT2D eigenvalue weighted by atomic mass is 10.1. The van der Waals surface area contributed by atoms with Crippen LogP contribution in [0.5, 0.6) is 0 Å². The lowest BCUT2D eigenvalue weighted by molar-refractivity contribution is 0.0285. The molecule has 0 saturated carbocycles. The maximum absolute atomic E-state index is 11.9. The maximum atomic E-state index is 11.9. The number of esters is 1. The van der Waals surface area contributed by atoms with Crippen molar-refractivity contribution < 1.29 is 19.1 Å². The van der Waals surface area contributed by atoms with Gasteiger partial charge in [-0.05, 0) is 61.1 Å². The third-order valence-electron chi connectivity index (χ3n) is 2.56. The molecule has 0 aliphatic rings. The van der Waals surface area contributed by atoms with Gasteiger partial charge in [0, 0.05) is 17.2 Å². The molecule has 0 fully saturated rings. The van der Waals surface area contributed by atoms with Crippen LogP contribution >= 0.6 is 22.6 Å². The lowest BCUT2D eigenvalue weighted by Crippen LogP contribution is -2.33. The highest BCUT2D eigenvalue weighted by Gasteiger charge is 2.20. The number of nitrogens with zero attached hydrogens (tertiary/aromatic N) is 1. The van der Waals surface area contributed by atoms with E-state index in [1.54, 1.807) is 13.1 Å². The summed E-state index contributed by atoms with van der Waals surface area (Å²) in [4.78, 5) is 25.0. The summed E-state index contributed by atoms with van der Waals surface area (Å²) in [5.74, 6) is -0.388. The number of halogens is 1. The van der Waals surface area contributed by atoms with Crippen LogP contribution in [0.15, 0.2) is 18.2 Å². The Labute approximate surface area is 138 Å². The Balaban J connectivity index is 2.84. The van der Waals surface area contributed by atoms with E-state index in [1.807, 2.05) is 32.9 Å². The molecule has 6 heteroatoms. The van der Waals surface area contributed by atoms with Crippen LogP contribution in [0.25, 0.3) is 0 Å². The fourth-order valence-corrected chi connectivity index (χ4v) is 2.17. The molecule has 0 atom stereocenters. The minimum Gasteiger partial charge on any atom is -0.465 e. The normalized spacial score (nSPS) is 11.0. The average Bonchev–Trinajstić information content (AvgIpc) is 2.38. The van der Waals surface area contributed by atoms with E-state index in [0.29, 0.717) is 12.1 Å². The van der Waals surface area contributed by atoms with Gasteiger partial charge in [0.2, 0.25) is 0 Å². The number of carbonyl (C=O) groups excluding carboxylic acids is 2. The fraction of sp³-hybridized carbons (Fsp3) is 0.467. The molecular formula is C15H20INO4. The van der Waals surface area contributed by atoms with E-state index in [2.05, 4.69) is 22.6 Å². The van der Waals surface area contributed by atoms with Crippen LogP contribution in [0.3, 0.4) is 0 Å². The number of ether oxygens (including phenoxy) is 2. The van der Waals surface area contributed by atoms with Crippen molar-refractivity contribution in [3.05, 3.63) is 32.9 Å². The molecule has 0 aliphatic heterocycles. The standard InChI is InChI=1S/C15H20INO4/c1-15(2,3)21-14(19)17(4)9-10-6-7-12(16)11(8-10)13(18)20-5/h6-8H,9H2,1-5H3. The second-order valence-corrected chi connectivity index (χ2v) is 6.80. The highest BCUT2D eigenvalue weighted by atomic mass is 127. The molecule has 1 aromatic rings. The van der Waals surface area contributed by atoms with Crippen molar-refractivity contribution in [2.24, 2.45) is 0 Å². The molecule has 116 valence electrons. The number of hydrogen-bond acceptors (Lipinski definition) is 4. The summed E-state index contributed by atoms with van der Waals surface area (Å²) in [7, 11) is 3.00. The largest absolute Gasteiger partial charge is 0.465 e. The van der Waals surface area contributed by atoms with Crippen molar-refractivity contribution in [1.29, 1.82) is 0 Å². The van der Waals surface area contributed by atoms with E-state index in [4.69, 9.17) is 9.47 Å². The van der Waals surface area contributed by atoms with Gasteiger partial charge >= 0.3 is 12.1 Å². The second kappa shape index (κ2) is 7.11. The maximum Gasteiger partial charge on any atom is 0.410 e. The van der Waals surface area contributed by atoms with E-state index in [-0.39, 0.29) is 5.97 Å². The zero-order chi connectivity index (χ0) is 16.2. The van der Waals surface area contributed by atoms with E-state index in [9.17, 15) is 9.59 Å². The third-order valence-corrected chi connectivity index (χ3v) is 3.50. The van der Waals surface area contributed by atoms with Crippen molar-refractivity contribution in [3.63, 3.8) is 0 Å². The summed E-state index contributed by atoms with van der Waals surface area (Å²) in [5, 5.41) is 0. The van der Waals surface area contributed by atoms with Crippen LogP contribution < -0.4 is 0 Å². The van der Waals surface area contributed by atoms with Gasteiger partial charge in [-0.15, -0.1) is 0 Å². The third kappa shape index (κ3) is 5.53. The molecule has 0 bridgehead atoms. The van der Waals surface area contributed by atoms with Gasteiger partial charge in [0.1, 0.15) is 5.60 Å². The van der Waals surface area contributed by atoms with Crippen molar-refractivity contribution in [2.45, 2.75) is 32.9 Å². The van der Waals surface area contributed by atoms with E-state index >= 15 is 0 Å². The highest BCUT2D eigenvalue weighted by Crippen LogP contribution is 2.17. The van der Waals surface area contributed by atoms with Crippen LogP contribution in [-0.4, -0.2) is 36.7 Å². The first kappa shape index (κ1) is 17.7. The first-order valence-electron chi connectivity index (χ1n) is 6.45. The van der Waals surface area contributed by atoms with Gasteiger partial charge in [-0.25, -0.2) is 9.59 Å². The van der Waals surface area contributed by atoms with Gasteiger partial charge in [-0.3, -0.25) is 0 Å². The summed E-state index contributed by atoms with van der Waals surface area (Å²) in [6.07, 6.45) is -0.402. The van der Waals surface area contributed by atoms with Gasteiger partial charge < -0.3 is 14.4 Å². The smallest absolute Gasteiger partial charge is 0.410 e. The molecule has 1 aromatic carbocycles. The van der Waals surface area contributed by atoms with Crippen molar-refractivity contribution >= 4 is 34.7 Å². The Morgan fingerprint density at radius 1 is 1.29 bits per heavy atom. The van der Waals surface area contributed by atoms with E-state index in [0.717, 1.165) is 9.13 Å². The molecule has 21 heavy (non-hydrogen) atoms. The molecule has 0 heterocycles. The molecule has 0 radical (unpaired) electrons. The van der Waals surface area contributed by atoms with Crippen LogP contribution in [0.4, 0.5) is 4.79 Å². The summed E-state index contributed by atoms with van der Waals surface area (Å²) < 4.78 is 10.8. The van der Waals surface area contributed by atoms with Crippen LogP contribution in [-0.2, 0) is 16.0 Å². The van der Waals surface area contributed by atoms with Crippen molar-refractivity contribution in [3.8, 4) is 0 Å². The Morgan fingerprint density at radius 2 is 1.90 bits per heavy atom. The molecule has 0 aromatic heterocycles. The van der Waals surface area contributed by atoms with Crippen molar-refractivity contribution in [1.82, 2.24) is 4.90 Å². The molecule has 0 unspecified atom stereocenters. The molecule has 0 N–H and O–H groups in total. The summed E-state index contributed by atoms with van der Waals surface area (Å²) in [6.45, 7) is 5.81. The summed E-state index contributed by atoms with van der Waals surface area (Å²) in [6, 6.07) is 5.43. The number of hydrogen-bond donors (Lipinski definition) is 0. The molecule has 5 nitrogen and oxygen atoms in total. The number of methoxy groups -OCH3 is 1. The SMILES string of the molecule is COC(=O)c1cc(CN(C)C(=O)OC(C)(C)C)ccc1I. The summed E-state index contributed by atoms with van der Waals surface area (Å²) in [5.41, 5.74) is 0.798. The Morgan fingerprint density at radius 3 is 2.43 bits per heavy atom. The first-order chi connectivity index (χ1) is 9.64. The number of rotatable bonds is 3. The van der Waals surface area contributed by atoms with Gasteiger partial charge in [0.15, 0.2) is 0 Å². The molecule has 0 spiro atoms. The minimum absolute atomic E-state index is 0.357. The van der Waals surface area contributed by atoms with Gasteiger partial charge in [-0.2, -0.15) is 0 Å². The summed E-state index contributed by atoms with van der Waals surface area (Å²) >= 11 is 2.07. The first-order valence-corrected chi connectivity index (χ1v) is 7.53. The highest BCUT2D eigenvalue weighted by molar-refractivity contribution is 14.1. The Bertz CT molecular complexity index is 537. The predicted octanol–water partition coefficient (Wildman–Crippen LogP) is 3.44. The van der Waals surface area contributed by atoms with Crippen LogP contribution in [0, 0.1) is 3.57 Å². The Kier molecular flexibility index (Phi) is 6.00. The predicted molar refractivity (Wildman–Crippen MR) is 88.2 cm³/mol. The molecule has 1 amide bonds. The zero-order valence-electron chi connectivity index (χ0n) is 12.9. The average molecular weight is 405 g/mol. The minimum atomic E-state index is -0.533. The number of amides is 1. The Hall–Kier alpha value is -1.31. The molecule has 0 aliphatic carbocycles. The monoisotopic (exact) mass is 405 g/mol. The quantitative estimate of drug-likeness (QED) is 0.571. The number of benzene rings is 1. The topological polar surface area (TPSA) is 55.8 Å². The number of carbonyl (C=O) groups is 2. The van der Waals surface area contributed by atoms with Crippen LogP contribution in [0.1, 0.15) is 36.7 Å². The second-order valence-electron chi connectivity index (χ2n) is 5.64. The molecule has 1 rings (SSSR count). The van der Waals surface area contributed by atoms with Gasteiger partial charge in [0.25, 0.3) is 0 Å². The fourth-order valence-electron chi connectivity index (χ4n) is 1.62. The zero-order valence-corrected chi connectivity index (χ0v) is 15.1. The van der Waals surface area contributed by atoms with E-state index < -0.39 is 11.7 Å². The van der Waals surface area contributed by atoms with Gasteiger partial charge in [-0.1, -0.05) is 6.07 Å². The van der Waals surface area contributed by atoms with Crippen LogP contribution in [0.2, 0.25) is 0 Å². The molecule has 0 saturated heterocycles. The molecular weight excluding hydrogens is 385 g/mol. The van der Waals surface area contributed by atoms with Crippen molar-refractivity contribution in [2.75, 3.05) is 14.2 Å². The lowest BCUT2D eigenvalue weighted by Gasteiger charge is -2.24. The van der Waals surface area contributed by atoms with E-state index in [1.165, 1.54) is 12.0 Å².